The summed E-state index contributed by atoms with van der Waals surface area (Å²) in [6.45, 7) is 0.274. The fraction of sp³-hybridized carbons (Fsp3) is 0.0435. The maximum Gasteiger partial charge on any atom is 0.266 e. The summed E-state index contributed by atoms with van der Waals surface area (Å²) >= 11 is 4.21. The third-order valence-electron chi connectivity index (χ3n) is 4.12. The Labute approximate surface area is 205 Å². The second kappa shape index (κ2) is 10.7. The van der Waals surface area contributed by atoms with Gasteiger partial charge in [-0.05, 0) is 98.8 Å². The zero-order valence-corrected chi connectivity index (χ0v) is 20.1. The Morgan fingerprint density at radius 3 is 2.32 bits per heavy atom. The van der Waals surface area contributed by atoms with E-state index in [9.17, 15) is 18.8 Å². The average Bonchev–Trinajstić information content (AvgIpc) is 2.74. The van der Waals surface area contributed by atoms with Crippen LogP contribution in [0.3, 0.4) is 0 Å². The molecule has 4 nitrogen and oxygen atoms in total. The van der Waals surface area contributed by atoms with Gasteiger partial charge in [0.1, 0.15) is 35.6 Å². The molecule has 3 aromatic rings. The van der Waals surface area contributed by atoms with E-state index in [1.165, 1.54) is 36.4 Å². The van der Waals surface area contributed by atoms with Crippen molar-refractivity contribution < 1.29 is 18.3 Å². The van der Waals surface area contributed by atoms with Gasteiger partial charge in [0.05, 0.1) is 12.8 Å². The minimum Gasteiger partial charge on any atom is -0.487 e. The maximum absolute atomic E-state index is 13.8. The van der Waals surface area contributed by atoms with Gasteiger partial charge in [-0.1, -0.05) is 24.3 Å². The van der Waals surface area contributed by atoms with Crippen LogP contribution in [0.1, 0.15) is 11.1 Å². The van der Waals surface area contributed by atoms with Crippen LogP contribution in [0, 0.1) is 30.1 Å². The van der Waals surface area contributed by atoms with Gasteiger partial charge in [0.15, 0.2) is 0 Å². The first-order chi connectivity index (χ1) is 14.9. The van der Waals surface area contributed by atoms with Crippen molar-refractivity contribution in [2.75, 3.05) is 5.32 Å². The van der Waals surface area contributed by atoms with Crippen LogP contribution < -0.4 is 10.1 Å². The lowest BCUT2D eigenvalue weighted by Gasteiger charge is -2.12. The molecule has 0 fully saturated rings. The molecule has 0 aromatic heterocycles. The Bertz CT molecular complexity index is 1170. The second-order valence-corrected chi connectivity index (χ2v) is 8.66. The van der Waals surface area contributed by atoms with Gasteiger partial charge in [0, 0.05) is 0 Å². The molecule has 3 rings (SSSR count). The van der Waals surface area contributed by atoms with Gasteiger partial charge in [-0.3, -0.25) is 4.79 Å². The molecule has 1 amide bonds. The van der Waals surface area contributed by atoms with Crippen molar-refractivity contribution in [3.05, 3.63) is 96.1 Å². The largest absolute Gasteiger partial charge is 0.487 e. The molecule has 8 heteroatoms. The average molecular weight is 642 g/mol. The number of carbonyl (C=O) groups excluding carboxylic acids is 1. The van der Waals surface area contributed by atoms with E-state index in [0.717, 1.165) is 12.7 Å². The van der Waals surface area contributed by atoms with E-state index in [1.807, 2.05) is 6.07 Å². The molecule has 31 heavy (non-hydrogen) atoms. The zero-order valence-electron chi connectivity index (χ0n) is 15.8. The van der Waals surface area contributed by atoms with Gasteiger partial charge in [-0.15, -0.1) is 0 Å². The van der Waals surface area contributed by atoms with Gasteiger partial charge in [0.2, 0.25) is 0 Å². The summed E-state index contributed by atoms with van der Waals surface area (Å²) < 4.78 is 34.2. The molecule has 3 aromatic carbocycles. The minimum atomic E-state index is -0.700. The maximum atomic E-state index is 13.8. The first kappa shape index (κ1) is 23.1. The number of nitrogens with zero attached hydrogens (tertiary/aromatic N) is 1. The van der Waals surface area contributed by atoms with E-state index < -0.39 is 11.7 Å². The number of nitriles is 1. The number of nitrogens with one attached hydrogen (secondary N) is 1. The molecule has 0 aliphatic rings. The highest BCUT2D eigenvalue weighted by Crippen LogP contribution is 2.30. The zero-order chi connectivity index (χ0) is 22.4. The van der Waals surface area contributed by atoms with Gasteiger partial charge in [0.25, 0.3) is 5.91 Å². The Morgan fingerprint density at radius 1 is 1.06 bits per heavy atom. The topological polar surface area (TPSA) is 62.1 Å². The quantitative estimate of drug-likeness (QED) is 0.195. The van der Waals surface area contributed by atoms with Crippen molar-refractivity contribution in [2.45, 2.75) is 6.61 Å². The summed E-state index contributed by atoms with van der Waals surface area (Å²) in [6.07, 6.45) is 1.43. The van der Waals surface area contributed by atoms with Gasteiger partial charge < -0.3 is 10.1 Å². The van der Waals surface area contributed by atoms with Gasteiger partial charge in [-0.2, -0.15) is 5.26 Å². The van der Waals surface area contributed by atoms with Crippen LogP contribution in [-0.4, -0.2) is 5.91 Å². The van der Waals surface area contributed by atoms with Gasteiger partial charge >= 0.3 is 0 Å². The normalized spacial score (nSPS) is 11.0. The van der Waals surface area contributed by atoms with Crippen LogP contribution in [0.15, 0.2) is 66.2 Å². The van der Waals surface area contributed by atoms with E-state index >= 15 is 0 Å². The number of hydrogen-bond donors (Lipinski definition) is 1. The molecule has 0 atom stereocenters. The minimum absolute atomic E-state index is 0.00218. The Hall–Kier alpha value is -2.52. The summed E-state index contributed by atoms with van der Waals surface area (Å²) in [4.78, 5) is 12.4. The van der Waals surface area contributed by atoms with Crippen molar-refractivity contribution in [2.24, 2.45) is 0 Å². The molecule has 1 N–H and O–H groups in total. The number of hydrogen-bond acceptors (Lipinski definition) is 3. The van der Waals surface area contributed by atoms with E-state index in [0.29, 0.717) is 11.3 Å². The predicted molar refractivity (Wildman–Crippen MR) is 131 cm³/mol. The molecule has 0 bridgehead atoms. The van der Waals surface area contributed by atoms with Crippen LogP contribution in [0.2, 0.25) is 0 Å². The lowest BCUT2D eigenvalue weighted by atomic mass is 10.1. The number of anilines is 1. The number of amides is 1. The molecule has 156 valence electrons. The third kappa shape index (κ3) is 6.24. The molecule has 0 aliphatic heterocycles. The van der Waals surface area contributed by atoms with Crippen LogP contribution >= 0.6 is 45.2 Å². The number of benzene rings is 3. The lowest BCUT2D eigenvalue weighted by molar-refractivity contribution is -0.112. The summed E-state index contributed by atoms with van der Waals surface area (Å²) in [6, 6.07) is 17.2. The fourth-order valence-corrected chi connectivity index (χ4v) is 4.73. The van der Waals surface area contributed by atoms with E-state index in [1.54, 1.807) is 30.3 Å². The molecule has 0 saturated heterocycles. The first-order valence-electron chi connectivity index (χ1n) is 8.91. The summed E-state index contributed by atoms with van der Waals surface area (Å²) in [5.74, 6) is -0.942. The molecule has 0 unspecified atom stereocenters. The van der Waals surface area contributed by atoms with Gasteiger partial charge in [-0.25, -0.2) is 8.78 Å². The molecule has 0 saturated carbocycles. The number of carbonyl (C=O) groups is 1. The van der Waals surface area contributed by atoms with Crippen LogP contribution in [-0.2, 0) is 11.4 Å². The molecule has 0 radical (unpaired) electrons. The Kier molecular flexibility index (Phi) is 7.97. The third-order valence-corrected chi connectivity index (χ3v) is 5.72. The number of para-hydroxylation sites is 1. The smallest absolute Gasteiger partial charge is 0.266 e. The monoisotopic (exact) mass is 642 g/mol. The molecular weight excluding hydrogens is 628 g/mol. The number of halogens is 4. The van der Waals surface area contributed by atoms with Crippen molar-refractivity contribution in [1.82, 2.24) is 0 Å². The standard InChI is InChI=1S/C23H14F2I2N2O2/c24-17-7-5-14(6-8-17)13-31-22-19(26)10-15(11-20(22)27)9-16(12-28)23(30)29-21-4-2-1-3-18(21)25/h1-11H,13H2,(H,29,30)/b16-9-. The number of rotatable bonds is 6. The highest BCUT2D eigenvalue weighted by molar-refractivity contribution is 14.1. The van der Waals surface area contributed by atoms with Crippen molar-refractivity contribution in [3.63, 3.8) is 0 Å². The highest BCUT2D eigenvalue weighted by atomic mass is 127. The molecular formula is C23H14F2I2N2O2. The first-order valence-corrected chi connectivity index (χ1v) is 11.1. The second-order valence-electron chi connectivity index (χ2n) is 6.33. The predicted octanol–water partition coefficient (Wildman–Crippen LogP) is 6.30. The van der Waals surface area contributed by atoms with E-state index in [-0.39, 0.29) is 23.7 Å². The molecule has 0 spiro atoms. The SMILES string of the molecule is N#C/C(=C/c1cc(I)c(OCc2ccc(F)cc2)c(I)c1)C(=O)Nc1ccccc1F. The van der Waals surface area contributed by atoms with E-state index in [2.05, 4.69) is 50.5 Å². The van der Waals surface area contributed by atoms with Crippen molar-refractivity contribution >= 4 is 62.9 Å². The van der Waals surface area contributed by atoms with Crippen LogP contribution in [0.25, 0.3) is 6.08 Å². The summed E-state index contributed by atoms with van der Waals surface area (Å²) in [5.41, 5.74) is 1.30. The Morgan fingerprint density at radius 2 is 1.71 bits per heavy atom. The van der Waals surface area contributed by atoms with Crippen LogP contribution in [0.4, 0.5) is 14.5 Å². The summed E-state index contributed by atoms with van der Waals surface area (Å²) in [7, 11) is 0. The molecule has 0 aliphatic carbocycles. The highest BCUT2D eigenvalue weighted by Gasteiger charge is 2.14. The number of ether oxygens (including phenoxy) is 1. The van der Waals surface area contributed by atoms with Crippen LogP contribution in [0.5, 0.6) is 5.75 Å². The lowest BCUT2D eigenvalue weighted by Crippen LogP contribution is -2.14. The fourth-order valence-electron chi connectivity index (χ4n) is 2.60. The van der Waals surface area contributed by atoms with Crippen molar-refractivity contribution in [3.8, 4) is 11.8 Å². The Balaban J connectivity index is 1.78. The molecule has 0 heterocycles. The van der Waals surface area contributed by atoms with Crippen molar-refractivity contribution in [1.29, 1.82) is 5.26 Å². The van der Waals surface area contributed by atoms with E-state index in [4.69, 9.17) is 4.74 Å². The summed E-state index contributed by atoms with van der Waals surface area (Å²) in [5, 5.41) is 11.8.